The summed E-state index contributed by atoms with van der Waals surface area (Å²) in [5, 5.41) is 3.55. The number of para-hydroxylation sites is 1. The van der Waals surface area contributed by atoms with E-state index in [0.29, 0.717) is 16.8 Å². The highest BCUT2D eigenvalue weighted by molar-refractivity contribution is 7.91. The molecule has 3 aromatic rings. The second-order valence-electron chi connectivity index (χ2n) is 5.72. The van der Waals surface area contributed by atoms with E-state index < -0.39 is 15.7 Å². The molecule has 0 saturated carbocycles. The zero-order chi connectivity index (χ0) is 18.7. The van der Waals surface area contributed by atoms with E-state index in [9.17, 15) is 13.2 Å². The maximum Gasteiger partial charge on any atom is 0.291 e. The molecule has 0 aliphatic carbocycles. The maximum atomic E-state index is 12.6. The van der Waals surface area contributed by atoms with E-state index in [-0.39, 0.29) is 23.0 Å². The molecule has 1 aromatic heterocycles. The van der Waals surface area contributed by atoms with Crippen LogP contribution in [0.25, 0.3) is 11.0 Å². The van der Waals surface area contributed by atoms with Gasteiger partial charge in [0.1, 0.15) is 5.58 Å². The lowest BCUT2D eigenvalue weighted by Crippen LogP contribution is -2.13. The third-order valence-corrected chi connectivity index (χ3v) is 5.80. The highest BCUT2D eigenvalue weighted by atomic mass is 32.2. The number of amides is 1. The Morgan fingerprint density at radius 3 is 2.46 bits per heavy atom. The topological polar surface area (TPSA) is 85.6 Å². The van der Waals surface area contributed by atoms with Crippen molar-refractivity contribution in [3.63, 3.8) is 0 Å². The quantitative estimate of drug-likeness (QED) is 0.713. The Bertz CT molecular complexity index is 1040. The Hall–Kier alpha value is -2.64. The Morgan fingerprint density at radius 2 is 1.81 bits per heavy atom. The van der Waals surface area contributed by atoms with Gasteiger partial charge in [-0.3, -0.25) is 4.79 Å². The van der Waals surface area contributed by atoms with Crippen LogP contribution in [-0.4, -0.2) is 27.2 Å². The zero-order valence-electron chi connectivity index (χ0n) is 14.5. The van der Waals surface area contributed by atoms with Crippen molar-refractivity contribution in [2.24, 2.45) is 0 Å². The summed E-state index contributed by atoms with van der Waals surface area (Å²) in [6.45, 7) is 1.83. The molecule has 26 heavy (non-hydrogen) atoms. The molecular weight excluding hydrogens is 354 g/mol. The molecule has 136 valence electrons. The number of ether oxygens (including phenoxy) is 1. The molecule has 7 heteroatoms. The standard InChI is InChI=1S/C19H19NO5S/c1-3-26(22,23)14-10-8-13(9-11-14)20-19(21)18-16(12-24-2)15-6-4-5-7-17(15)25-18/h4-11H,3,12H2,1-2H3,(H,20,21). The number of hydrogen-bond donors (Lipinski definition) is 1. The lowest BCUT2D eigenvalue weighted by Gasteiger charge is -2.07. The minimum atomic E-state index is -3.27. The van der Waals surface area contributed by atoms with Gasteiger partial charge >= 0.3 is 0 Å². The molecule has 1 N–H and O–H groups in total. The largest absolute Gasteiger partial charge is 0.451 e. The molecule has 0 radical (unpaired) electrons. The minimum absolute atomic E-state index is 0.0259. The van der Waals surface area contributed by atoms with Gasteiger partial charge in [0.25, 0.3) is 5.91 Å². The van der Waals surface area contributed by atoms with E-state index in [4.69, 9.17) is 9.15 Å². The third-order valence-electron chi connectivity index (χ3n) is 4.04. The molecule has 2 aromatic carbocycles. The number of hydrogen-bond acceptors (Lipinski definition) is 5. The Kier molecular flexibility index (Phi) is 5.11. The van der Waals surface area contributed by atoms with Gasteiger partial charge in [-0.05, 0) is 30.3 Å². The summed E-state index contributed by atoms with van der Waals surface area (Å²) >= 11 is 0. The molecule has 0 aliphatic rings. The minimum Gasteiger partial charge on any atom is -0.451 e. The number of carbonyl (C=O) groups excluding carboxylic acids is 1. The van der Waals surface area contributed by atoms with Gasteiger partial charge in [0.05, 0.1) is 17.3 Å². The van der Waals surface area contributed by atoms with Crippen molar-refractivity contribution in [3.8, 4) is 0 Å². The number of nitrogens with one attached hydrogen (secondary N) is 1. The number of anilines is 1. The van der Waals surface area contributed by atoms with Gasteiger partial charge in [0.2, 0.25) is 0 Å². The highest BCUT2D eigenvalue weighted by Crippen LogP contribution is 2.27. The predicted octanol–water partition coefficient (Wildman–Crippen LogP) is 3.63. The summed E-state index contributed by atoms with van der Waals surface area (Å²) < 4.78 is 34.6. The zero-order valence-corrected chi connectivity index (χ0v) is 15.3. The van der Waals surface area contributed by atoms with E-state index >= 15 is 0 Å². The summed E-state index contributed by atoms with van der Waals surface area (Å²) in [5.41, 5.74) is 1.76. The van der Waals surface area contributed by atoms with Crippen LogP contribution >= 0.6 is 0 Å². The number of furan rings is 1. The van der Waals surface area contributed by atoms with Crippen LogP contribution in [0.4, 0.5) is 5.69 Å². The summed E-state index contributed by atoms with van der Waals surface area (Å²) in [4.78, 5) is 12.9. The van der Waals surface area contributed by atoms with Crippen molar-refractivity contribution < 1.29 is 22.4 Å². The van der Waals surface area contributed by atoms with E-state index in [1.807, 2.05) is 18.2 Å². The van der Waals surface area contributed by atoms with E-state index in [2.05, 4.69) is 5.32 Å². The molecule has 1 heterocycles. The first kappa shape index (κ1) is 18.2. The molecule has 0 bridgehead atoms. The van der Waals surface area contributed by atoms with Crippen LogP contribution in [0, 0.1) is 0 Å². The number of sulfone groups is 1. The van der Waals surface area contributed by atoms with Crippen LogP contribution in [0.2, 0.25) is 0 Å². The van der Waals surface area contributed by atoms with Crippen molar-refractivity contribution in [1.29, 1.82) is 0 Å². The molecule has 0 unspecified atom stereocenters. The second kappa shape index (κ2) is 7.31. The highest BCUT2D eigenvalue weighted by Gasteiger charge is 2.20. The van der Waals surface area contributed by atoms with Crippen LogP contribution in [-0.2, 0) is 21.2 Å². The van der Waals surface area contributed by atoms with E-state index in [0.717, 1.165) is 5.39 Å². The van der Waals surface area contributed by atoms with E-state index in [1.54, 1.807) is 32.2 Å². The van der Waals surface area contributed by atoms with Crippen molar-refractivity contribution in [3.05, 3.63) is 59.9 Å². The van der Waals surface area contributed by atoms with Crippen LogP contribution in [0.5, 0.6) is 0 Å². The van der Waals surface area contributed by atoms with Gasteiger partial charge in [0, 0.05) is 23.7 Å². The summed E-state index contributed by atoms with van der Waals surface area (Å²) in [6, 6.07) is 13.4. The number of fused-ring (bicyclic) bond motifs is 1. The smallest absolute Gasteiger partial charge is 0.291 e. The van der Waals surface area contributed by atoms with E-state index in [1.165, 1.54) is 12.1 Å². The van der Waals surface area contributed by atoms with Gasteiger partial charge in [-0.15, -0.1) is 0 Å². The normalized spacial score (nSPS) is 11.6. The average molecular weight is 373 g/mol. The van der Waals surface area contributed by atoms with Gasteiger partial charge in [-0.1, -0.05) is 25.1 Å². The molecule has 0 spiro atoms. The fourth-order valence-corrected chi connectivity index (χ4v) is 3.55. The molecule has 3 rings (SSSR count). The monoisotopic (exact) mass is 373 g/mol. The Morgan fingerprint density at radius 1 is 1.12 bits per heavy atom. The lowest BCUT2D eigenvalue weighted by molar-refractivity contribution is 0.0992. The van der Waals surface area contributed by atoms with Gasteiger partial charge in [-0.2, -0.15) is 0 Å². The SMILES string of the molecule is CCS(=O)(=O)c1ccc(NC(=O)c2oc3ccccc3c2COC)cc1. The van der Waals surface area contributed by atoms with Crippen LogP contribution in [0.15, 0.2) is 57.8 Å². The Labute approximate surface area is 151 Å². The van der Waals surface area contributed by atoms with Crippen LogP contribution in [0.3, 0.4) is 0 Å². The number of methoxy groups -OCH3 is 1. The molecule has 0 aliphatic heterocycles. The number of benzene rings is 2. The summed E-state index contributed by atoms with van der Waals surface area (Å²) in [7, 11) is -1.72. The molecule has 0 saturated heterocycles. The van der Waals surface area contributed by atoms with Gasteiger partial charge < -0.3 is 14.5 Å². The first-order valence-corrected chi connectivity index (χ1v) is 9.75. The Balaban J connectivity index is 1.89. The molecule has 6 nitrogen and oxygen atoms in total. The molecule has 1 amide bonds. The molecule has 0 atom stereocenters. The van der Waals surface area contributed by atoms with Crippen LogP contribution < -0.4 is 5.32 Å². The summed E-state index contributed by atoms with van der Waals surface area (Å²) in [5.74, 6) is -0.212. The first-order chi connectivity index (χ1) is 12.5. The molecular formula is C19H19NO5S. The van der Waals surface area contributed by atoms with Gasteiger partial charge in [-0.25, -0.2) is 8.42 Å². The lowest BCUT2D eigenvalue weighted by atomic mass is 10.1. The van der Waals surface area contributed by atoms with Crippen molar-refractivity contribution >= 4 is 32.4 Å². The fourth-order valence-electron chi connectivity index (χ4n) is 2.67. The molecule has 0 fully saturated rings. The second-order valence-corrected chi connectivity index (χ2v) is 8.00. The third kappa shape index (κ3) is 3.49. The number of rotatable bonds is 6. The summed E-state index contributed by atoms with van der Waals surface area (Å²) in [6.07, 6.45) is 0. The van der Waals surface area contributed by atoms with Crippen molar-refractivity contribution in [1.82, 2.24) is 0 Å². The van der Waals surface area contributed by atoms with Crippen molar-refractivity contribution in [2.45, 2.75) is 18.4 Å². The van der Waals surface area contributed by atoms with Crippen LogP contribution in [0.1, 0.15) is 23.0 Å². The predicted molar refractivity (Wildman–Crippen MR) is 99.0 cm³/mol. The number of carbonyl (C=O) groups is 1. The van der Waals surface area contributed by atoms with Crippen molar-refractivity contribution in [2.75, 3.05) is 18.2 Å². The fraction of sp³-hybridized carbons (Fsp3) is 0.211. The average Bonchev–Trinajstić information content (AvgIpc) is 3.01. The maximum absolute atomic E-state index is 12.6. The first-order valence-electron chi connectivity index (χ1n) is 8.09. The van der Waals surface area contributed by atoms with Gasteiger partial charge in [0.15, 0.2) is 15.6 Å².